The summed E-state index contributed by atoms with van der Waals surface area (Å²) in [5, 5.41) is 16.5. The van der Waals surface area contributed by atoms with Gasteiger partial charge < -0.3 is 5.32 Å². The lowest BCUT2D eigenvalue weighted by Crippen LogP contribution is -2.27. The Balaban J connectivity index is 2.08. The molecule has 0 aromatic carbocycles. The van der Waals surface area contributed by atoms with Crippen molar-refractivity contribution in [3.05, 3.63) is 11.3 Å². The second kappa shape index (κ2) is 4.02. The van der Waals surface area contributed by atoms with E-state index in [2.05, 4.69) is 34.5 Å². The number of nitrogens with zero attached hydrogens (tertiary/aromatic N) is 4. The predicted molar refractivity (Wildman–Crippen MR) is 55.5 cm³/mol. The van der Waals surface area contributed by atoms with Crippen LogP contribution in [0.2, 0.25) is 0 Å². The van der Waals surface area contributed by atoms with Gasteiger partial charge in [-0.2, -0.15) is 9.61 Å². The lowest BCUT2D eigenvalue weighted by atomic mass is 10.2. The fraction of sp³-hybridized carbons (Fsp3) is 0.625. The Hall–Kier alpha value is -1.01. The Bertz CT molecular complexity index is 378. The van der Waals surface area contributed by atoms with E-state index < -0.39 is 0 Å². The lowest BCUT2D eigenvalue weighted by Gasteiger charge is -2.08. The first-order valence-electron chi connectivity index (χ1n) is 4.68. The van der Waals surface area contributed by atoms with E-state index in [-0.39, 0.29) is 0 Å². The molecule has 0 amide bonds. The monoisotopic (exact) mass is 211 g/mol. The van der Waals surface area contributed by atoms with Gasteiger partial charge in [-0.05, 0) is 13.5 Å². The van der Waals surface area contributed by atoms with Gasteiger partial charge in [0.15, 0.2) is 0 Å². The van der Waals surface area contributed by atoms with E-state index in [4.69, 9.17) is 0 Å². The van der Waals surface area contributed by atoms with Crippen molar-refractivity contribution < 1.29 is 0 Å². The van der Waals surface area contributed by atoms with Crippen molar-refractivity contribution in [2.75, 3.05) is 6.54 Å². The molecule has 2 rings (SSSR count). The van der Waals surface area contributed by atoms with Crippen LogP contribution in [0.25, 0.3) is 4.96 Å². The van der Waals surface area contributed by atoms with Crippen molar-refractivity contribution in [2.45, 2.75) is 26.3 Å². The molecular formula is C8H13N5S. The van der Waals surface area contributed by atoms with Gasteiger partial charge in [0, 0.05) is 12.5 Å². The molecule has 2 aromatic rings. The molecule has 0 fully saturated rings. The zero-order valence-electron chi connectivity index (χ0n) is 8.27. The van der Waals surface area contributed by atoms with Gasteiger partial charge in [-0.3, -0.25) is 0 Å². The lowest BCUT2D eigenvalue weighted by molar-refractivity contribution is 0.561. The van der Waals surface area contributed by atoms with Crippen LogP contribution in [0.15, 0.2) is 6.33 Å². The SMILES string of the molecule is CCNC(C)Cc1nn2cnnc2s1. The molecule has 2 aromatic heterocycles. The van der Waals surface area contributed by atoms with Gasteiger partial charge in [0.25, 0.3) is 0 Å². The van der Waals surface area contributed by atoms with E-state index in [0.717, 1.165) is 22.9 Å². The highest BCUT2D eigenvalue weighted by atomic mass is 32.1. The zero-order valence-corrected chi connectivity index (χ0v) is 9.08. The molecule has 6 heteroatoms. The standard InChI is InChI=1S/C8H13N5S/c1-3-9-6(2)4-7-12-13-5-10-11-8(13)14-7/h5-6,9H,3-4H2,1-2H3. The summed E-state index contributed by atoms with van der Waals surface area (Å²) in [5.74, 6) is 0. The maximum Gasteiger partial charge on any atom is 0.234 e. The van der Waals surface area contributed by atoms with Crippen molar-refractivity contribution >= 4 is 16.3 Å². The van der Waals surface area contributed by atoms with E-state index >= 15 is 0 Å². The second-order valence-electron chi connectivity index (χ2n) is 3.22. The Labute approximate surface area is 86.2 Å². The first-order chi connectivity index (χ1) is 6.79. The highest BCUT2D eigenvalue weighted by Crippen LogP contribution is 2.13. The molecule has 1 atom stereocenters. The number of hydrogen-bond acceptors (Lipinski definition) is 5. The van der Waals surface area contributed by atoms with Crippen LogP contribution in [0.1, 0.15) is 18.9 Å². The number of hydrogen-bond donors (Lipinski definition) is 1. The Morgan fingerprint density at radius 3 is 3.21 bits per heavy atom. The molecule has 0 aliphatic heterocycles. The van der Waals surface area contributed by atoms with Crippen LogP contribution in [0.4, 0.5) is 0 Å². The van der Waals surface area contributed by atoms with Crippen LogP contribution in [0.3, 0.4) is 0 Å². The Morgan fingerprint density at radius 1 is 1.64 bits per heavy atom. The van der Waals surface area contributed by atoms with Gasteiger partial charge in [0.1, 0.15) is 11.3 Å². The van der Waals surface area contributed by atoms with Gasteiger partial charge >= 0.3 is 0 Å². The first kappa shape index (κ1) is 9.54. The molecule has 0 saturated carbocycles. The van der Waals surface area contributed by atoms with Gasteiger partial charge in [-0.15, -0.1) is 10.2 Å². The average Bonchev–Trinajstić information content (AvgIpc) is 2.63. The number of rotatable bonds is 4. The minimum absolute atomic E-state index is 0.462. The van der Waals surface area contributed by atoms with Crippen LogP contribution in [0, 0.1) is 0 Å². The summed E-state index contributed by atoms with van der Waals surface area (Å²) in [6.45, 7) is 5.26. The minimum Gasteiger partial charge on any atom is -0.314 e. The third kappa shape index (κ3) is 1.91. The quantitative estimate of drug-likeness (QED) is 0.810. The number of likely N-dealkylation sites (N-methyl/N-ethyl adjacent to an activating group) is 1. The smallest absolute Gasteiger partial charge is 0.234 e. The van der Waals surface area contributed by atoms with Crippen LogP contribution in [-0.4, -0.2) is 32.4 Å². The molecule has 14 heavy (non-hydrogen) atoms. The molecule has 1 unspecified atom stereocenters. The summed E-state index contributed by atoms with van der Waals surface area (Å²) in [6.07, 6.45) is 2.58. The van der Waals surface area contributed by atoms with Crippen LogP contribution in [0.5, 0.6) is 0 Å². The maximum absolute atomic E-state index is 4.37. The normalized spacial score (nSPS) is 13.6. The van der Waals surface area contributed by atoms with Gasteiger partial charge in [0.05, 0.1) is 0 Å². The molecule has 0 saturated heterocycles. The second-order valence-corrected chi connectivity index (χ2v) is 4.26. The van der Waals surface area contributed by atoms with Crippen LogP contribution in [-0.2, 0) is 6.42 Å². The maximum atomic E-state index is 4.37. The number of fused-ring (bicyclic) bond motifs is 1. The van der Waals surface area contributed by atoms with Crippen molar-refractivity contribution in [1.29, 1.82) is 0 Å². The summed E-state index contributed by atoms with van der Waals surface area (Å²) in [5.41, 5.74) is 0. The highest BCUT2D eigenvalue weighted by Gasteiger charge is 2.08. The van der Waals surface area contributed by atoms with E-state index in [9.17, 15) is 0 Å². The zero-order chi connectivity index (χ0) is 9.97. The molecular weight excluding hydrogens is 198 g/mol. The molecule has 0 radical (unpaired) electrons. The van der Waals surface area contributed by atoms with Crippen molar-refractivity contribution in [1.82, 2.24) is 25.1 Å². The van der Waals surface area contributed by atoms with E-state index in [1.54, 1.807) is 22.2 Å². The molecule has 1 N–H and O–H groups in total. The summed E-state index contributed by atoms with van der Waals surface area (Å²) in [7, 11) is 0. The van der Waals surface area contributed by atoms with Gasteiger partial charge in [-0.25, -0.2) is 0 Å². The molecule has 0 bridgehead atoms. The van der Waals surface area contributed by atoms with E-state index in [1.165, 1.54) is 0 Å². The fourth-order valence-corrected chi connectivity index (χ4v) is 2.31. The average molecular weight is 211 g/mol. The molecule has 5 nitrogen and oxygen atoms in total. The number of aromatic nitrogens is 4. The predicted octanol–water partition coefficient (Wildman–Crippen LogP) is 0.726. The molecule has 2 heterocycles. The van der Waals surface area contributed by atoms with Gasteiger partial charge in [-0.1, -0.05) is 18.3 Å². The van der Waals surface area contributed by atoms with Crippen molar-refractivity contribution in [3.63, 3.8) is 0 Å². The summed E-state index contributed by atoms with van der Waals surface area (Å²) >= 11 is 1.60. The summed E-state index contributed by atoms with van der Waals surface area (Å²) in [6, 6.07) is 0.462. The van der Waals surface area contributed by atoms with Crippen LogP contribution < -0.4 is 5.32 Å². The van der Waals surface area contributed by atoms with Crippen molar-refractivity contribution in [3.8, 4) is 0 Å². The minimum atomic E-state index is 0.462. The van der Waals surface area contributed by atoms with Crippen LogP contribution >= 0.6 is 11.3 Å². The molecule has 0 spiro atoms. The number of nitrogens with one attached hydrogen (secondary N) is 1. The molecule has 0 aliphatic rings. The molecule has 76 valence electrons. The third-order valence-electron chi connectivity index (χ3n) is 1.96. The Morgan fingerprint density at radius 2 is 2.50 bits per heavy atom. The fourth-order valence-electron chi connectivity index (χ4n) is 1.37. The van der Waals surface area contributed by atoms with E-state index in [0.29, 0.717) is 6.04 Å². The summed E-state index contributed by atoms with van der Waals surface area (Å²) in [4.78, 5) is 0.865. The topological polar surface area (TPSA) is 55.1 Å². The highest BCUT2D eigenvalue weighted by molar-refractivity contribution is 7.16. The third-order valence-corrected chi connectivity index (χ3v) is 2.90. The van der Waals surface area contributed by atoms with Crippen molar-refractivity contribution in [2.24, 2.45) is 0 Å². The summed E-state index contributed by atoms with van der Waals surface area (Å²) < 4.78 is 1.72. The molecule has 0 aliphatic carbocycles. The first-order valence-corrected chi connectivity index (χ1v) is 5.50. The van der Waals surface area contributed by atoms with Gasteiger partial charge in [0.2, 0.25) is 4.96 Å². The van der Waals surface area contributed by atoms with E-state index in [1.807, 2.05) is 0 Å². The Kier molecular flexibility index (Phi) is 2.74. The largest absolute Gasteiger partial charge is 0.314 e.